The first-order valence-corrected chi connectivity index (χ1v) is 7.77. The first-order chi connectivity index (χ1) is 12.7. The summed E-state index contributed by atoms with van der Waals surface area (Å²) in [6.07, 6.45) is 1.32. The molecule has 4 rings (SSSR count). The van der Waals surface area contributed by atoms with Crippen LogP contribution in [0.5, 0.6) is 11.5 Å². The van der Waals surface area contributed by atoms with Gasteiger partial charge in [-0.2, -0.15) is 0 Å². The van der Waals surface area contributed by atoms with E-state index in [1.807, 2.05) is 18.2 Å². The lowest BCUT2D eigenvalue weighted by molar-refractivity contribution is 0.414. The number of nitrogens with zero attached hydrogens (tertiary/aromatic N) is 2. The van der Waals surface area contributed by atoms with E-state index < -0.39 is 0 Å². The summed E-state index contributed by atoms with van der Waals surface area (Å²) in [7, 11) is 3.11. The molecule has 0 aliphatic heterocycles. The quantitative estimate of drug-likeness (QED) is 0.556. The Morgan fingerprint density at radius 3 is 2.50 bits per heavy atom. The fraction of sp³-hybridized carbons (Fsp3) is 0.105. The molecule has 0 bridgehead atoms. The highest BCUT2D eigenvalue weighted by atomic mass is 16.5. The molecule has 7 heteroatoms. The monoisotopic (exact) mass is 350 g/mol. The van der Waals surface area contributed by atoms with Crippen molar-refractivity contribution >= 4 is 11.0 Å². The third-order valence-electron chi connectivity index (χ3n) is 3.95. The van der Waals surface area contributed by atoms with Crippen LogP contribution in [-0.4, -0.2) is 24.4 Å². The highest BCUT2D eigenvalue weighted by Crippen LogP contribution is 2.26. The lowest BCUT2D eigenvalue weighted by atomic mass is 10.1. The molecule has 0 saturated carbocycles. The van der Waals surface area contributed by atoms with E-state index >= 15 is 0 Å². The van der Waals surface area contributed by atoms with Gasteiger partial charge in [-0.05, 0) is 36.4 Å². The summed E-state index contributed by atoms with van der Waals surface area (Å²) in [6.45, 7) is 0. The molecule has 0 spiro atoms. The van der Waals surface area contributed by atoms with Crippen LogP contribution in [0.4, 0.5) is 0 Å². The molecule has 2 aromatic carbocycles. The number of ether oxygens (including phenoxy) is 2. The normalized spacial score (nSPS) is 10.8. The van der Waals surface area contributed by atoms with Crippen LogP contribution in [0.25, 0.3) is 33.9 Å². The minimum absolute atomic E-state index is 0.0845. The zero-order valence-corrected chi connectivity index (χ0v) is 14.1. The second-order valence-electron chi connectivity index (χ2n) is 5.48. The second kappa shape index (κ2) is 6.36. The smallest absolute Gasteiger partial charge is 0.255 e. The molecule has 0 atom stereocenters. The molecule has 0 N–H and O–H groups in total. The van der Waals surface area contributed by atoms with E-state index in [4.69, 9.17) is 18.3 Å². The number of aromatic nitrogens is 2. The maximum Gasteiger partial charge on any atom is 0.255 e. The molecule has 130 valence electrons. The summed E-state index contributed by atoms with van der Waals surface area (Å²) in [4.78, 5) is 12.8. The van der Waals surface area contributed by atoms with E-state index in [2.05, 4.69) is 10.2 Å². The van der Waals surface area contributed by atoms with Gasteiger partial charge < -0.3 is 18.3 Å². The predicted octanol–water partition coefficient (Wildman–Crippen LogP) is 3.53. The molecule has 2 heterocycles. The Labute approximate surface area is 147 Å². The predicted molar refractivity (Wildman–Crippen MR) is 94.3 cm³/mol. The van der Waals surface area contributed by atoms with Crippen molar-refractivity contribution in [3.8, 4) is 34.4 Å². The van der Waals surface area contributed by atoms with E-state index in [0.717, 1.165) is 0 Å². The van der Waals surface area contributed by atoms with Gasteiger partial charge in [0.05, 0.1) is 19.6 Å². The van der Waals surface area contributed by atoms with Gasteiger partial charge in [-0.15, -0.1) is 10.2 Å². The lowest BCUT2D eigenvalue weighted by Gasteiger charge is -2.02. The maximum atomic E-state index is 12.8. The van der Waals surface area contributed by atoms with Crippen LogP contribution in [0.2, 0.25) is 0 Å². The van der Waals surface area contributed by atoms with Gasteiger partial charge in [0.25, 0.3) is 5.89 Å². The van der Waals surface area contributed by atoms with Crippen LogP contribution >= 0.6 is 0 Å². The van der Waals surface area contributed by atoms with Crippen LogP contribution in [0.3, 0.4) is 0 Å². The van der Waals surface area contributed by atoms with Gasteiger partial charge >= 0.3 is 0 Å². The molecule has 4 aromatic rings. The first kappa shape index (κ1) is 15.9. The van der Waals surface area contributed by atoms with Crippen molar-refractivity contribution in [2.24, 2.45) is 0 Å². The average molecular weight is 350 g/mol. The van der Waals surface area contributed by atoms with Crippen molar-refractivity contribution in [2.45, 2.75) is 0 Å². The van der Waals surface area contributed by atoms with Crippen LogP contribution in [-0.2, 0) is 0 Å². The summed E-state index contributed by atoms with van der Waals surface area (Å²) in [5.74, 6) is 1.59. The average Bonchev–Trinajstić information content (AvgIpc) is 3.18. The summed E-state index contributed by atoms with van der Waals surface area (Å²) in [5.41, 5.74) is 1.06. The summed E-state index contributed by atoms with van der Waals surface area (Å²) in [6, 6.07) is 12.2. The molecular formula is C19H14N2O5. The highest BCUT2D eigenvalue weighted by molar-refractivity contribution is 5.81. The van der Waals surface area contributed by atoms with Gasteiger partial charge in [0.1, 0.15) is 28.9 Å². The molecule has 0 fully saturated rings. The zero-order valence-electron chi connectivity index (χ0n) is 14.1. The van der Waals surface area contributed by atoms with Crippen LogP contribution in [0.1, 0.15) is 0 Å². The minimum Gasteiger partial charge on any atom is -0.497 e. The Hall–Kier alpha value is -3.61. The van der Waals surface area contributed by atoms with Crippen molar-refractivity contribution in [3.05, 3.63) is 59.0 Å². The standard InChI is InChI=1S/C19H14N2O5/c1-23-12-5-3-4-11(8-12)18-20-21-19(26-18)15-10-25-16-7-6-13(24-2)9-14(16)17(15)22/h3-10H,1-2H3. The number of methoxy groups -OCH3 is 2. The fourth-order valence-corrected chi connectivity index (χ4v) is 2.59. The van der Waals surface area contributed by atoms with Gasteiger partial charge in [0, 0.05) is 5.56 Å². The van der Waals surface area contributed by atoms with Crippen molar-refractivity contribution in [2.75, 3.05) is 14.2 Å². The van der Waals surface area contributed by atoms with Gasteiger partial charge in [0.15, 0.2) is 0 Å². The third kappa shape index (κ3) is 2.69. The molecule has 0 radical (unpaired) electrons. The van der Waals surface area contributed by atoms with E-state index in [1.54, 1.807) is 31.4 Å². The Morgan fingerprint density at radius 2 is 1.69 bits per heavy atom. The Balaban J connectivity index is 1.80. The SMILES string of the molecule is COc1cccc(-c2nnc(-c3coc4ccc(OC)cc4c3=O)o2)c1. The molecule has 7 nitrogen and oxygen atoms in total. The molecule has 0 amide bonds. The van der Waals surface area contributed by atoms with Gasteiger partial charge in [-0.3, -0.25) is 4.79 Å². The summed E-state index contributed by atoms with van der Waals surface area (Å²) in [5, 5.41) is 8.37. The Bertz CT molecular complexity index is 1150. The number of hydrogen-bond donors (Lipinski definition) is 0. The van der Waals surface area contributed by atoms with E-state index in [9.17, 15) is 4.79 Å². The number of hydrogen-bond acceptors (Lipinski definition) is 7. The molecule has 0 saturated heterocycles. The Morgan fingerprint density at radius 1 is 0.923 bits per heavy atom. The van der Waals surface area contributed by atoms with Crippen molar-refractivity contribution in [1.82, 2.24) is 10.2 Å². The first-order valence-electron chi connectivity index (χ1n) is 7.77. The minimum atomic E-state index is -0.272. The van der Waals surface area contributed by atoms with E-state index in [0.29, 0.717) is 28.0 Å². The van der Waals surface area contributed by atoms with Gasteiger partial charge in [-0.1, -0.05) is 6.07 Å². The molecule has 26 heavy (non-hydrogen) atoms. The molecule has 0 aliphatic rings. The lowest BCUT2D eigenvalue weighted by Crippen LogP contribution is -2.05. The Kier molecular flexibility index (Phi) is 3.89. The third-order valence-corrected chi connectivity index (χ3v) is 3.95. The number of fused-ring (bicyclic) bond motifs is 1. The summed E-state index contributed by atoms with van der Waals surface area (Å²) >= 11 is 0. The fourth-order valence-electron chi connectivity index (χ4n) is 2.59. The molecule has 0 aliphatic carbocycles. The molecular weight excluding hydrogens is 336 g/mol. The van der Waals surface area contributed by atoms with E-state index in [1.165, 1.54) is 13.4 Å². The topological polar surface area (TPSA) is 87.6 Å². The van der Waals surface area contributed by atoms with Gasteiger partial charge in [-0.25, -0.2) is 0 Å². The largest absolute Gasteiger partial charge is 0.497 e. The zero-order chi connectivity index (χ0) is 18.1. The van der Waals surface area contributed by atoms with Crippen LogP contribution in [0.15, 0.2) is 62.4 Å². The van der Waals surface area contributed by atoms with Crippen LogP contribution in [0, 0.1) is 0 Å². The maximum absolute atomic E-state index is 12.8. The number of benzene rings is 2. The van der Waals surface area contributed by atoms with Crippen molar-refractivity contribution < 1.29 is 18.3 Å². The molecule has 0 unspecified atom stereocenters. The highest BCUT2D eigenvalue weighted by Gasteiger charge is 2.17. The van der Waals surface area contributed by atoms with Crippen molar-refractivity contribution in [3.63, 3.8) is 0 Å². The summed E-state index contributed by atoms with van der Waals surface area (Å²) < 4.78 is 21.6. The second-order valence-corrected chi connectivity index (χ2v) is 5.48. The van der Waals surface area contributed by atoms with E-state index in [-0.39, 0.29) is 22.8 Å². The number of rotatable bonds is 4. The molecule has 2 aromatic heterocycles. The van der Waals surface area contributed by atoms with Gasteiger partial charge in [0.2, 0.25) is 11.3 Å². The van der Waals surface area contributed by atoms with Crippen LogP contribution < -0.4 is 14.9 Å². The van der Waals surface area contributed by atoms with Crippen molar-refractivity contribution in [1.29, 1.82) is 0 Å².